The molecule has 35 heavy (non-hydrogen) atoms. The van der Waals surface area contributed by atoms with Crippen molar-refractivity contribution in [1.82, 2.24) is 24.5 Å². The average molecular weight is 512 g/mol. The Morgan fingerprint density at radius 1 is 1.00 bits per heavy atom. The number of hydrogen-bond acceptors (Lipinski definition) is 8. The highest BCUT2D eigenvalue weighted by Gasteiger charge is 2.16. The maximum atomic E-state index is 12.3. The Kier molecular flexibility index (Phi) is 7.58. The van der Waals surface area contributed by atoms with Gasteiger partial charge in [0, 0.05) is 35.1 Å². The molecule has 11 heteroatoms. The van der Waals surface area contributed by atoms with Crippen molar-refractivity contribution in [2.75, 3.05) is 29.7 Å². The predicted molar refractivity (Wildman–Crippen MR) is 143 cm³/mol. The van der Waals surface area contributed by atoms with Gasteiger partial charge in [-0.2, -0.15) is 21.8 Å². The standard InChI is InChI=1S/C24H29N7O2S2/c1-16-6-7-20(13-22(16)35(32,33)25-3)29-24-26-14-17(2)23(30-24)28-19-8-9-21-18(12-19)15-27-31(21)10-5-11-34-4/h6-9,12-15,25H,5,10-11H2,1-4H3,(H2,26,28,29,30). The van der Waals surface area contributed by atoms with Crippen LogP contribution in [0.3, 0.4) is 0 Å². The summed E-state index contributed by atoms with van der Waals surface area (Å²) in [4.78, 5) is 9.17. The lowest BCUT2D eigenvalue weighted by molar-refractivity contribution is 0.587. The Bertz CT molecular complexity index is 1450. The lowest BCUT2D eigenvalue weighted by Gasteiger charge is -2.13. The van der Waals surface area contributed by atoms with Crippen LogP contribution in [-0.4, -0.2) is 47.2 Å². The van der Waals surface area contributed by atoms with Gasteiger partial charge in [-0.1, -0.05) is 6.07 Å². The quantitative estimate of drug-likeness (QED) is 0.265. The van der Waals surface area contributed by atoms with E-state index in [0.29, 0.717) is 23.0 Å². The second kappa shape index (κ2) is 10.6. The molecule has 0 spiro atoms. The molecule has 4 aromatic rings. The molecule has 2 aromatic carbocycles. The summed E-state index contributed by atoms with van der Waals surface area (Å²) in [6.45, 7) is 4.58. The summed E-state index contributed by atoms with van der Waals surface area (Å²) in [5, 5.41) is 12.1. The van der Waals surface area contributed by atoms with E-state index in [4.69, 9.17) is 0 Å². The summed E-state index contributed by atoms with van der Waals surface area (Å²) >= 11 is 1.84. The van der Waals surface area contributed by atoms with E-state index in [1.807, 2.05) is 35.6 Å². The highest BCUT2D eigenvalue weighted by molar-refractivity contribution is 7.98. The summed E-state index contributed by atoms with van der Waals surface area (Å²) in [6, 6.07) is 11.2. The van der Waals surface area contributed by atoms with Crippen molar-refractivity contribution in [2.24, 2.45) is 0 Å². The zero-order valence-electron chi connectivity index (χ0n) is 20.2. The molecule has 0 aliphatic heterocycles. The molecule has 0 bridgehead atoms. The van der Waals surface area contributed by atoms with E-state index in [1.54, 1.807) is 31.3 Å². The maximum absolute atomic E-state index is 12.3. The molecule has 184 valence electrons. The van der Waals surface area contributed by atoms with Gasteiger partial charge >= 0.3 is 0 Å². The van der Waals surface area contributed by atoms with E-state index in [9.17, 15) is 8.42 Å². The Morgan fingerprint density at radius 3 is 2.54 bits per heavy atom. The molecule has 0 atom stereocenters. The summed E-state index contributed by atoms with van der Waals surface area (Å²) < 4.78 is 29.0. The molecule has 2 heterocycles. The number of anilines is 4. The average Bonchev–Trinajstić information content (AvgIpc) is 3.24. The van der Waals surface area contributed by atoms with Crippen molar-refractivity contribution in [1.29, 1.82) is 0 Å². The lowest BCUT2D eigenvalue weighted by atomic mass is 10.2. The molecule has 3 N–H and O–H groups in total. The highest BCUT2D eigenvalue weighted by atomic mass is 32.2. The van der Waals surface area contributed by atoms with Crippen LogP contribution in [0.1, 0.15) is 17.5 Å². The summed E-state index contributed by atoms with van der Waals surface area (Å²) in [7, 11) is -2.18. The summed E-state index contributed by atoms with van der Waals surface area (Å²) in [6.07, 6.45) is 6.80. The van der Waals surface area contributed by atoms with Gasteiger partial charge in [0.1, 0.15) is 5.82 Å². The molecule has 0 aliphatic rings. The minimum absolute atomic E-state index is 0.206. The van der Waals surface area contributed by atoms with Crippen LogP contribution in [0, 0.1) is 13.8 Å². The molecule has 0 unspecified atom stereocenters. The van der Waals surface area contributed by atoms with Gasteiger partial charge in [0.2, 0.25) is 16.0 Å². The minimum atomic E-state index is -3.57. The van der Waals surface area contributed by atoms with E-state index in [-0.39, 0.29) is 4.90 Å². The normalized spacial score (nSPS) is 11.7. The molecule has 9 nitrogen and oxygen atoms in total. The van der Waals surface area contributed by atoms with Crippen LogP contribution in [-0.2, 0) is 16.6 Å². The molecular weight excluding hydrogens is 482 g/mol. The third-order valence-electron chi connectivity index (χ3n) is 5.60. The van der Waals surface area contributed by atoms with Crippen LogP contribution in [0.2, 0.25) is 0 Å². The maximum Gasteiger partial charge on any atom is 0.240 e. The van der Waals surface area contributed by atoms with Crippen LogP contribution in [0.25, 0.3) is 10.9 Å². The summed E-state index contributed by atoms with van der Waals surface area (Å²) in [5.74, 6) is 2.13. The van der Waals surface area contributed by atoms with Crippen LogP contribution < -0.4 is 15.4 Å². The molecule has 0 radical (unpaired) electrons. The minimum Gasteiger partial charge on any atom is -0.340 e. The third-order valence-corrected chi connectivity index (χ3v) is 7.85. The Labute approximate surface area is 209 Å². The number of nitrogens with zero attached hydrogens (tertiary/aromatic N) is 4. The van der Waals surface area contributed by atoms with Gasteiger partial charge in [0.05, 0.1) is 16.6 Å². The van der Waals surface area contributed by atoms with Crippen molar-refractivity contribution < 1.29 is 8.42 Å². The van der Waals surface area contributed by atoms with Crippen LogP contribution in [0.5, 0.6) is 0 Å². The fourth-order valence-electron chi connectivity index (χ4n) is 3.67. The van der Waals surface area contributed by atoms with Crippen LogP contribution in [0.15, 0.2) is 53.7 Å². The van der Waals surface area contributed by atoms with Gasteiger partial charge in [-0.25, -0.2) is 18.1 Å². The van der Waals surface area contributed by atoms with Crippen LogP contribution in [0.4, 0.5) is 23.1 Å². The summed E-state index contributed by atoms with van der Waals surface area (Å²) in [5.41, 5.74) is 4.11. The van der Waals surface area contributed by atoms with Gasteiger partial charge in [0.15, 0.2) is 0 Å². The topological polar surface area (TPSA) is 114 Å². The largest absolute Gasteiger partial charge is 0.340 e. The molecule has 4 rings (SSSR count). The first-order valence-corrected chi connectivity index (χ1v) is 14.0. The van der Waals surface area contributed by atoms with E-state index in [2.05, 4.69) is 48.8 Å². The molecular formula is C24H29N7O2S2. The third kappa shape index (κ3) is 5.75. The number of thioether (sulfide) groups is 1. The second-order valence-electron chi connectivity index (χ2n) is 8.15. The number of aryl methyl sites for hydroxylation is 3. The first-order chi connectivity index (χ1) is 16.8. The number of fused-ring (bicyclic) bond motifs is 1. The van der Waals surface area contributed by atoms with Crippen molar-refractivity contribution in [3.63, 3.8) is 0 Å². The molecule has 0 amide bonds. The molecule has 0 fully saturated rings. The highest BCUT2D eigenvalue weighted by Crippen LogP contribution is 2.26. The van der Waals surface area contributed by atoms with Gasteiger partial charge in [-0.3, -0.25) is 4.68 Å². The molecule has 0 aliphatic carbocycles. The zero-order valence-corrected chi connectivity index (χ0v) is 21.8. The number of hydrogen-bond donors (Lipinski definition) is 3. The number of aromatic nitrogens is 4. The van der Waals surface area contributed by atoms with Gasteiger partial charge < -0.3 is 10.6 Å². The van der Waals surface area contributed by atoms with Crippen molar-refractivity contribution in [3.05, 3.63) is 59.9 Å². The van der Waals surface area contributed by atoms with Gasteiger partial charge in [-0.15, -0.1) is 0 Å². The second-order valence-corrected chi connectivity index (χ2v) is 11.0. The van der Waals surface area contributed by atoms with Crippen molar-refractivity contribution in [2.45, 2.75) is 31.7 Å². The Hall–Kier alpha value is -3.15. The molecule has 0 saturated carbocycles. The number of benzene rings is 2. The number of nitrogens with one attached hydrogen (secondary N) is 3. The fraction of sp³-hybridized carbons (Fsp3) is 0.292. The molecule has 2 aromatic heterocycles. The Morgan fingerprint density at radius 2 is 1.77 bits per heavy atom. The smallest absolute Gasteiger partial charge is 0.240 e. The first-order valence-electron chi connectivity index (χ1n) is 11.2. The van der Waals surface area contributed by atoms with Crippen molar-refractivity contribution in [3.8, 4) is 0 Å². The molecule has 0 saturated heterocycles. The lowest BCUT2D eigenvalue weighted by Crippen LogP contribution is -2.19. The fourth-order valence-corrected chi connectivity index (χ4v) is 5.09. The van der Waals surface area contributed by atoms with Gasteiger partial charge in [-0.05, 0) is 75.2 Å². The number of sulfonamides is 1. The SMILES string of the molecule is CNS(=O)(=O)c1cc(Nc2ncc(C)c(Nc3ccc4c(cnn4CCCSC)c3)n2)ccc1C. The zero-order chi connectivity index (χ0) is 25.0. The van der Waals surface area contributed by atoms with E-state index in [0.717, 1.165) is 40.9 Å². The van der Waals surface area contributed by atoms with Crippen LogP contribution >= 0.6 is 11.8 Å². The van der Waals surface area contributed by atoms with Crippen molar-refractivity contribution >= 4 is 55.8 Å². The van der Waals surface area contributed by atoms with Gasteiger partial charge in [0.25, 0.3) is 0 Å². The first kappa shape index (κ1) is 25.0. The predicted octanol–water partition coefficient (Wildman–Crippen LogP) is 4.59. The van der Waals surface area contributed by atoms with E-state index in [1.165, 1.54) is 7.05 Å². The van der Waals surface area contributed by atoms with E-state index >= 15 is 0 Å². The Balaban J connectivity index is 1.54. The monoisotopic (exact) mass is 511 g/mol. The number of rotatable bonds is 10. The van der Waals surface area contributed by atoms with E-state index < -0.39 is 10.0 Å².